The number of likely N-dealkylation sites (N-methyl/N-ethyl adjacent to an activating group) is 1. The van der Waals surface area contributed by atoms with Gasteiger partial charge in [-0.1, -0.05) is 11.2 Å². The zero-order valence-electron chi connectivity index (χ0n) is 11.2. The van der Waals surface area contributed by atoms with E-state index in [4.69, 9.17) is 9.26 Å². The largest absolute Gasteiger partial charge is 0.383 e. The predicted octanol–water partition coefficient (Wildman–Crippen LogP) is 0.832. The number of ether oxygens (including phenoxy) is 1. The monoisotopic (exact) mass is 262 g/mol. The van der Waals surface area contributed by atoms with Gasteiger partial charge in [-0.3, -0.25) is 4.98 Å². The molecule has 6 heteroatoms. The lowest BCUT2D eigenvalue weighted by Gasteiger charge is -2.11. The molecule has 0 aliphatic carbocycles. The Morgan fingerprint density at radius 3 is 3.00 bits per heavy atom. The van der Waals surface area contributed by atoms with Crippen molar-refractivity contribution in [2.24, 2.45) is 0 Å². The maximum absolute atomic E-state index is 5.23. The number of rotatable bonds is 7. The fourth-order valence-electron chi connectivity index (χ4n) is 1.77. The van der Waals surface area contributed by atoms with Crippen LogP contribution >= 0.6 is 0 Å². The third kappa shape index (κ3) is 4.11. The van der Waals surface area contributed by atoms with Crippen molar-refractivity contribution < 1.29 is 9.26 Å². The molecule has 0 spiro atoms. The van der Waals surface area contributed by atoms with Crippen molar-refractivity contribution >= 4 is 0 Å². The van der Waals surface area contributed by atoms with Crippen LogP contribution in [0.1, 0.15) is 17.4 Å². The van der Waals surface area contributed by atoms with Crippen molar-refractivity contribution in [2.45, 2.75) is 18.9 Å². The number of aromatic nitrogens is 3. The Morgan fingerprint density at radius 1 is 1.42 bits per heavy atom. The molecule has 1 unspecified atom stereocenters. The Kier molecular flexibility index (Phi) is 5.00. The van der Waals surface area contributed by atoms with Crippen LogP contribution in [-0.2, 0) is 17.6 Å². The fraction of sp³-hybridized carbons (Fsp3) is 0.462. The van der Waals surface area contributed by atoms with E-state index in [-0.39, 0.29) is 6.04 Å². The maximum atomic E-state index is 5.23. The van der Waals surface area contributed by atoms with Gasteiger partial charge in [0, 0.05) is 31.5 Å². The molecule has 6 nitrogen and oxygen atoms in total. The quantitative estimate of drug-likeness (QED) is 0.797. The molecule has 0 radical (unpaired) electrons. The number of hydrogen-bond acceptors (Lipinski definition) is 6. The van der Waals surface area contributed by atoms with Crippen LogP contribution < -0.4 is 5.32 Å². The van der Waals surface area contributed by atoms with E-state index in [1.165, 1.54) is 0 Å². The van der Waals surface area contributed by atoms with Gasteiger partial charge in [-0.05, 0) is 19.2 Å². The Labute approximate surface area is 112 Å². The molecule has 0 fully saturated rings. The highest BCUT2D eigenvalue weighted by Crippen LogP contribution is 2.06. The summed E-state index contributed by atoms with van der Waals surface area (Å²) >= 11 is 0. The number of hydrogen-bond donors (Lipinski definition) is 1. The van der Waals surface area contributed by atoms with Crippen molar-refractivity contribution in [3.63, 3.8) is 0 Å². The normalized spacial score (nSPS) is 12.5. The number of nitrogens with zero attached hydrogens (tertiary/aromatic N) is 3. The zero-order valence-corrected chi connectivity index (χ0v) is 11.2. The van der Waals surface area contributed by atoms with Crippen molar-refractivity contribution in [1.82, 2.24) is 20.4 Å². The lowest BCUT2D eigenvalue weighted by atomic mass is 10.2. The standard InChI is InChI=1S/C13H18N4O2/c1-14-11(9-18-2)8-13-16-12(17-19-13)7-10-5-3-4-6-15-10/h3-6,11,14H,7-9H2,1-2H3. The Hall–Kier alpha value is -1.79. The van der Waals surface area contributed by atoms with Crippen LogP contribution in [0.3, 0.4) is 0 Å². The molecule has 0 amide bonds. The molecule has 0 aromatic carbocycles. The summed E-state index contributed by atoms with van der Waals surface area (Å²) in [7, 11) is 3.56. The van der Waals surface area contributed by atoms with E-state index < -0.39 is 0 Å². The van der Waals surface area contributed by atoms with E-state index in [0.717, 1.165) is 5.69 Å². The topological polar surface area (TPSA) is 73.1 Å². The molecule has 0 saturated carbocycles. The highest BCUT2D eigenvalue weighted by molar-refractivity contribution is 5.09. The van der Waals surface area contributed by atoms with Crippen LogP contribution in [0.2, 0.25) is 0 Å². The van der Waals surface area contributed by atoms with Crippen LogP contribution in [-0.4, -0.2) is 41.9 Å². The van der Waals surface area contributed by atoms with Crippen molar-refractivity contribution in [3.8, 4) is 0 Å². The summed E-state index contributed by atoms with van der Waals surface area (Å²) < 4.78 is 10.3. The van der Waals surface area contributed by atoms with E-state index in [2.05, 4.69) is 20.4 Å². The Morgan fingerprint density at radius 2 is 2.32 bits per heavy atom. The van der Waals surface area contributed by atoms with Gasteiger partial charge >= 0.3 is 0 Å². The summed E-state index contributed by atoms with van der Waals surface area (Å²) in [6, 6.07) is 5.94. The first-order valence-corrected chi connectivity index (χ1v) is 6.19. The minimum absolute atomic E-state index is 0.174. The first kappa shape index (κ1) is 13.6. The van der Waals surface area contributed by atoms with E-state index in [1.54, 1.807) is 13.3 Å². The van der Waals surface area contributed by atoms with Crippen LogP contribution in [0.5, 0.6) is 0 Å². The van der Waals surface area contributed by atoms with Gasteiger partial charge in [0.15, 0.2) is 5.82 Å². The van der Waals surface area contributed by atoms with Crippen molar-refractivity contribution in [1.29, 1.82) is 0 Å². The van der Waals surface area contributed by atoms with Crippen LogP contribution in [0.25, 0.3) is 0 Å². The smallest absolute Gasteiger partial charge is 0.228 e. The van der Waals surface area contributed by atoms with Gasteiger partial charge in [0.25, 0.3) is 0 Å². The molecule has 0 saturated heterocycles. The molecule has 0 aliphatic heterocycles. The maximum Gasteiger partial charge on any atom is 0.228 e. The molecule has 1 N–H and O–H groups in total. The van der Waals surface area contributed by atoms with Crippen LogP contribution in [0.15, 0.2) is 28.9 Å². The number of methoxy groups -OCH3 is 1. The molecule has 1 atom stereocenters. The van der Waals surface area contributed by atoms with Crippen molar-refractivity contribution in [2.75, 3.05) is 20.8 Å². The van der Waals surface area contributed by atoms with E-state index in [0.29, 0.717) is 31.2 Å². The van der Waals surface area contributed by atoms with Crippen LogP contribution in [0.4, 0.5) is 0 Å². The number of nitrogens with one attached hydrogen (secondary N) is 1. The molecule has 0 aliphatic rings. The van der Waals surface area contributed by atoms with E-state index in [1.807, 2.05) is 25.2 Å². The summed E-state index contributed by atoms with van der Waals surface area (Å²) in [5, 5.41) is 7.11. The second-order valence-electron chi connectivity index (χ2n) is 4.25. The van der Waals surface area contributed by atoms with Gasteiger partial charge in [0.05, 0.1) is 13.0 Å². The summed E-state index contributed by atoms with van der Waals surface area (Å²) in [5.41, 5.74) is 0.928. The van der Waals surface area contributed by atoms with Gasteiger partial charge in [-0.15, -0.1) is 0 Å². The second-order valence-corrected chi connectivity index (χ2v) is 4.25. The molecule has 2 aromatic heterocycles. The second kappa shape index (κ2) is 6.96. The molecule has 102 valence electrons. The fourth-order valence-corrected chi connectivity index (χ4v) is 1.77. The summed E-state index contributed by atoms with van der Waals surface area (Å²) in [6.07, 6.45) is 2.99. The summed E-state index contributed by atoms with van der Waals surface area (Å²) in [6.45, 7) is 0.606. The van der Waals surface area contributed by atoms with Gasteiger partial charge in [0.1, 0.15) is 0 Å². The van der Waals surface area contributed by atoms with Gasteiger partial charge in [0.2, 0.25) is 5.89 Å². The average Bonchev–Trinajstić information content (AvgIpc) is 2.86. The van der Waals surface area contributed by atoms with Gasteiger partial charge in [-0.2, -0.15) is 4.98 Å². The third-order valence-electron chi connectivity index (χ3n) is 2.77. The Bertz CT molecular complexity index is 486. The van der Waals surface area contributed by atoms with Crippen molar-refractivity contribution in [3.05, 3.63) is 41.8 Å². The lowest BCUT2D eigenvalue weighted by molar-refractivity contribution is 0.165. The predicted molar refractivity (Wildman–Crippen MR) is 69.8 cm³/mol. The highest BCUT2D eigenvalue weighted by atomic mass is 16.5. The van der Waals surface area contributed by atoms with Gasteiger partial charge < -0.3 is 14.6 Å². The molecule has 2 rings (SSSR count). The minimum Gasteiger partial charge on any atom is -0.383 e. The van der Waals surface area contributed by atoms with Crippen LogP contribution in [0, 0.1) is 0 Å². The number of pyridine rings is 1. The first-order chi connectivity index (χ1) is 9.31. The summed E-state index contributed by atoms with van der Waals surface area (Å²) in [5.74, 6) is 1.27. The lowest BCUT2D eigenvalue weighted by Crippen LogP contribution is -2.32. The minimum atomic E-state index is 0.174. The molecular weight excluding hydrogens is 244 g/mol. The molecule has 2 heterocycles. The first-order valence-electron chi connectivity index (χ1n) is 6.19. The third-order valence-corrected chi connectivity index (χ3v) is 2.77. The summed E-state index contributed by atoms with van der Waals surface area (Å²) in [4.78, 5) is 8.60. The van der Waals surface area contributed by atoms with E-state index in [9.17, 15) is 0 Å². The van der Waals surface area contributed by atoms with E-state index >= 15 is 0 Å². The van der Waals surface area contributed by atoms with Gasteiger partial charge in [-0.25, -0.2) is 0 Å². The SMILES string of the molecule is CNC(COC)Cc1nc(Cc2ccccn2)no1. The molecule has 19 heavy (non-hydrogen) atoms. The molecule has 2 aromatic rings. The molecular formula is C13H18N4O2. The zero-order chi connectivity index (χ0) is 13.5. The Balaban J connectivity index is 1.95. The average molecular weight is 262 g/mol. The molecule has 0 bridgehead atoms. The highest BCUT2D eigenvalue weighted by Gasteiger charge is 2.13.